The maximum atomic E-state index is 12.2. The van der Waals surface area contributed by atoms with Crippen LogP contribution in [0.15, 0.2) is 0 Å². The first-order chi connectivity index (χ1) is 8.34. The van der Waals surface area contributed by atoms with Crippen molar-refractivity contribution in [2.45, 2.75) is 33.6 Å². The Labute approximate surface area is 107 Å². The van der Waals surface area contributed by atoms with Gasteiger partial charge < -0.3 is 18.9 Å². The summed E-state index contributed by atoms with van der Waals surface area (Å²) in [5, 5.41) is 9.04. The maximum absolute atomic E-state index is 12.2. The van der Waals surface area contributed by atoms with Crippen LogP contribution in [0.5, 0.6) is 0 Å². The number of carboxylic acids is 1. The molecule has 0 saturated carbocycles. The van der Waals surface area contributed by atoms with Crippen molar-refractivity contribution >= 4 is 19.3 Å². The lowest BCUT2D eigenvalue weighted by Crippen LogP contribution is -2.20. The highest BCUT2D eigenvalue weighted by molar-refractivity contribution is 7.53. The Morgan fingerprint density at radius 2 is 1.72 bits per heavy atom. The summed E-state index contributed by atoms with van der Waals surface area (Å²) < 4.78 is 22.3. The van der Waals surface area contributed by atoms with E-state index in [0.29, 0.717) is 0 Å². The summed E-state index contributed by atoms with van der Waals surface area (Å²) in [5.74, 6) is -2.07. The van der Waals surface area contributed by atoms with Crippen molar-refractivity contribution in [3.05, 3.63) is 0 Å². The van der Waals surface area contributed by atoms with Gasteiger partial charge in [-0.2, -0.15) is 0 Å². The average molecular weight is 280 g/mol. The molecule has 0 aliphatic carbocycles. The molecule has 6 nitrogen and oxygen atoms in total. The van der Waals surface area contributed by atoms with E-state index in [2.05, 4.69) is 0 Å². The molecular weight excluding hydrogens is 259 g/mol. The van der Waals surface area contributed by atoms with Gasteiger partial charge in [0.25, 0.3) is 0 Å². The van der Waals surface area contributed by atoms with E-state index in [9.17, 15) is 14.2 Å². The Kier molecular flexibility index (Phi) is 8.07. The lowest BCUT2D eigenvalue weighted by Gasteiger charge is -2.20. The van der Waals surface area contributed by atoms with Crippen LogP contribution in [0.2, 0.25) is 0 Å². The van der Waals surface area contributed by atoms with Crippen LogP contribution < -0.4 is 0 Å². The number of hydrogen-bond donors (Lipinski definition) is 1. The van der Waals surface area contributed by atoms with Gasteiger partial charge in [0.2, 0.25) is 0 Å². The number of carboxylic acid groups (broad SMARTS) is 1. The smallest absolute Gasteiger partial charge is 0.331 e. The molecule has 0 aromatic carbocycles. The number of ketones is 1. The van der Waals surface area contributed by atoms with E-state index >= 15 is 0 Å². The molecule has 0 radical (unpaired) electrons. The standard InChI is InChI=1S/C11H21O6P/c1-4-16-18(15,17-5-2)8-10(11(13)14)7-6-9(3)12/h10H,4-8H2,1-3H3,(H,13,14). The fourth-order valence-electron chi connectivity index (χ4n) is 1.48. The third kappa shape index (κ3) is 6.89. The van der Waals surface area contributed by atoms with E-state index in [1.165, 1.54) is 6.92 Å². The zero-order chi connectivity index (χ0) is 14.2. The Hall–Kier alpha value is -0.710. The fraction of sp³-hybridized carbons (Fsp3) is 0.818. The van der Waals surface area contributed by atoms with Gasteiger partial charge in [0.05, 0.1) is 25.3 Å². The van der Waals surface area contributed by atoms with Crippen LogP contribution in [-0.2, 0) is 23.2 Å². The molecule has 0 bridgehead atoms. The Bertz CT molecular complexity index is 317. The van der Waals surface area contributed by atoms with Crippen molar-refractivity contribution in [2.24, 2.45) is 5.92 Å². The van der Waals surface area contributed by atoms with Crippen molar-refractivity contribution in [1.29, 1.82) is 0 Å². The van der Waals surface area contributed by atoms with E-state index in [4.69, 9.17) is 14.2 Å². The van der Waals surface area contributed by atoms with E-state index in [0.717, 1.165) is 0 Å². The Balaban J connectivity index is 4.65. The highest BCUT2D eigenvalue weighted by Gasteiger charge is 2.32. The van der Waals surface area contributed by atoms with Crippen molar-refractivity contribution in [3.8, 4) is 0 Å². The fourth-order valence-corrected chi connectivity index (χ4v) is 3.43. The van der Waals surface area contributed by atoms with Gasteiger partial charge in [-0.25, -0.2) is 0 Å². The van der Waals surface area contributed by atoms with Gasteiger partial charge in [0.1, 0.15) is 5.78 Å². The predicted molar refractivity (Wildman–Crippen MR) is 66.8 cm³/mol. The summed E-state index contributed by atoms with van der Waals surface area (Å²) in [6, 6.07) is 0. The molecule has 0 aliphatic rings. The van der Waals surface area contributed by atoms with Crippen molar-refractivity contribution < 1.29 is 28.3 Å². The molecule has 0 amide bonds. The summed E-state index contributed by atoms with van der Waals surface area (Å²) in [6.45, 7) is 5.10. The number of rotatable bonds is 10. The lowest BCUT2D eigenvalue weighted by molar-refractivity contribution is -0.141. The van der Waals surface area contributed by atoms with Crippen LogP contribution in [0.4, 0.5) is 0 Å². The SMILES string of the molecule is CCOP(=O)(CC(CCC(C)=O)C(=O)O)OCC. The minimum absolute atomic E-state index is 0.0936. The molecule has 0 rings (SSSR count). The monoisotopic (exact) mass is 280 g/mol. The van der Waals surface area contributed by atoms with Crippen LogP contribution in [-0.4, -0.2) is 36.2 Å². The van der Waals surface area contributed by atoms with Crippen LogP contribution >= 0.6 is 7.60 Å². The van der Waals surface area contributed by atoms with E-state index in [1.54, 1.807) is 13.8 Å². The molecule has 7 heteroatoms. The highest BCUT2D eigenvalue weighted by atomic mass is 31.2. The van der Waals surface area contributed by atoms with Crippen molar-refractivity contribution in [3.63, 3.8) is 0 Å². The summed E-state index contributed by atoms with van der Waals surface area (Å²) >= 11 is 0. The minimum Gasteiger partial charge on any atom is -0.481 e. The molecule has 18 heavy (non-hydrogen) atoms. The average Bonchev–Trinajstić information content (AvgIpc) is 2.24. The van der Waals surface area contributed by atoms with E-state index in [1.807, 2.05) is 0 Å². The number of Topliss-reactive ketones (excluding diaryl/α,β-unsaturated/α-hetero) is 1. The summed E-state index contributed by atoms with van der Waals surface area (Å²) in [6.07, 6.45) is 0.0985. The van der Waals surface area contributed by atoms with Crippen LogP contribution in [0.1, 0.15) is 33.6 Å². The molecule has 0 heterocycles. The lowest BCUT2D eigenvalue weighted by atomic mass is 10.0. The summed E-state index contributed by atoms with van der Waals surface area (Å²) in [4.78, 5) is 21.9. The third-order valence-corrected chi connectivity index (χ3v) is 4.48. The first-order valence-corrected chi connectivity index (χ1v) is 7.67. The number of hydrogen-bond acceptors (Lipinski definition) is 5. The minimum atomic E-state index is -3.38. The Morgan fingerprint density at radius 3 is 2.06 bits per heavy atom. The number of carbonyl (C=O) groups excluding carboxylic acids is 1. The molecule has 0 fully saturated rings. The van der Waals surface area contributed by atoms with Crippen molar-refractivity contribution in [2.75, 3.05) is 19.4 Å². The van der Waals surface area contributed by atoms with E-state index in [-0.39, 0.29) is 38.0 Å². The second-order valence-corrected chi connectivity index (χ2v) is 6.01. The van der Waals surface area contributed by atoms with Gasteiger partial charge in [-0.3, -0.25) is 9.36 Å². The first kappa shape index (κ1) is 17.3. The van der Waals surface area contributed by atoms with E-state index < -0.39 is 19.5 Å². The van der Waals surface area contributed by atoms with Gasteiger partial charge in [0, 0.05) is 6.42 Å². The first-order valence-electron chi connectivity index (χ1n) is 5.95. The molecular formula is C11H21O6P. The number of aliphatic carboxylic acids is 1. The van der Waals surface area contributed by atoms with Crippen LogP contribution in [0, 0.1) is 5.92 Å². The van der Waals surface area contributed by atoms with Gasteiger partial charge in [-0.15, -0.1) is 0 Å². The number of carbonyl (C=O) groups is 2. The largest absolute Gasteiger partial charge is 0.481 e. The molecule has 0 aromatic heterocycles. The third-order valence-electron chi connectivity index (χ3n) is 2.29. The van der Waals surface area contributed by atoms with Gasteiger partial charge in [0.15, 0.2) is 0 Å². The molecule has 1 N–H and O–H groups in total. The topological polar surface area (TPSA) is 89.9 Å². The summed E-state index contributed by atoms with van der Waals surface area (Å²) in [5.41, 5.74) is 0. The van der Waals surface area contributed by atoms with Gasteiger partial charge >= 0.3 is 13.6 Å². The molecule has 1 unspecified atom stereocenters. The molecule has 0 aromatic rings. The molecule has 0 aliphatic heterocycles. The quantitative estimate of drug-likeness (QED) is 0.618. The molecule has 0 saturated heterocycles. The second-order valence-electron chi connectivity index (χ2n) is 3.90. The predicted octanol–water partition coefficient (Wildman–Crippen LogP) is 2.32. The molecule has 1 atom stereocenters. The molecule has 0 spiro atoms. The normalized spacial score (nSPS) is 13.3. The van der Waals surface area contributed by atoms with Crippen LogP contribution in [0.25, 0.3) is 0 Å². The van der Waals surface area contributed by atoms with Crippen molar-refractivity contribution in [1.82, 2.24) is 0 Å². The van der Waals surface area contributed by atoms with Gasteiger partial charge in [-0.05, 0) is 27.2 Å². The zero-order valence-corrected chi connectivity index (χ0v) is 11.9. The zero-order valence-electron chi connectivity index (χ0n) is 11.0. The second kappa shape index (κ2) is 8.40. The van der Waals surface area contributed by atoms with Crippen LogP contribution in [0.3, 0.4) is 0 Å². The molecule has 106 valence electrons. The highest BCUT2D eigenvalue weighted by Crippen LogP contribution is 2.50. The van der Waals surface area contributed by atoms with Gasteiger partial charge in [-0.1, -0.05) is 0 Å². The maximum Gasteiger partial charge on any atom is 0.331 e. The summed E-state index contributed by atoms with van der Waals surface area (Å²) in [7, 11) is -3.38. The Morgan fingerprint density at radius 1 is 1.22 bits per heavy atom.